The zero-order valence-electron chi connectivity index (χ0n) is 10.5. The van der Waals surface area contributed by atoms with E-state index in [0.29, 0.717) is 0 Å². The van der Waals surface area contributed by atoms with Crippen molar-refractivity contribution in [3.63, 3.8) is 0 Å². The van der Waals surface area contributed by atoms with Gasteiger partial charge in [-0.1, -0.05) is 41.6 Å². The fourth-order valence-corrected chi connectivity index (χ4v) is 1.82. The highest BCUT2D eigenvalue weighted by molar-refractivity contribution is 5.64. The molecule has 19 heavy (non-hydrogen) atoms. The van der Waals surface area contributed by atoms with E-state index in [4.69, 9.17) is 4.52 Å². The number of benzene rings is 1. The first-order valence-corrected chi connectivity index (χ1v) is 6.03. The maximum absolute atomic E-state index is 4.89. The van der Waals surface area contributed by atoms with Gasteiger partial charge in [-0.05, 0) is 19.1 Å². The van der Waals surface area contributed by atoms with E-state index in [2.05, 4.69) is 15.5 Å². The smallest absolute Gasteiger partial charge is 0.147 e. The monoisotopic (exact) mass is 251 g/mol. The molecule has 0 aliphatic heterocycles. The molecule has 2 heterocycles. The second kappa shape index (κ2) is 4.94. The highest BCUT2D eigenvalue weighted by Crippen LogP contribution is 2.21. The molecule has 2 aromatic heterocycles. The summed E-state index contributed by atoms with van der Waals surface area (Å²) < 4.78 is 4.89. The van der Waals surface area contributed by atoms with Gasteiger partial charge in [0, 0.05) is 5.56 Å². The van der Waals surface area contributed by atoms with Crippen molar-refractivity contribution in [3.05, 3.63) is 60.5 Å². The van der Waals surface area contributed by atoms with E-state index in [-0.39, 0.29) is 0 Å². The van der Waals surface area contributed by atoms with Crippen molar-refractivity contribution in [2.24, 2.45) is 0 Å². The van der Waals surface area contributed by atoms with Crippen molar-refractivity contribution in [2.45, 2.75) is 6.92 Å². The molecule has 0 saturated carbocycles. The van der Waals surface area contributed by atoms with Gasteiger partial charge in [-0.15, -0.1) is 0 Å². The second-order valence-corrected chi connectivity index (χ2v) is 4.21. The summed E-state index contributed by atoms with van der Waals surface area (Å²) in [6, 6.07) is 15.9. The molecular formula is C15H13N3O. The molecule has 3 rings (SSSR count). The number of anilines is 2. The van der Waals surface area contributed by atoms with Crippen LogP contribution in [-0.4, -0.2) is 10.1 Å². The molecule has 1 aromatic carbocycles. The molecule has 4 heteroatoms. The molecule has 0 spiro atoms. The Morgan fingerprint density at radius 3 is 2.58 bits per heavy atom. The summed E-state index contributed by atoms with van der Waals surface area (Å²) in [5.41, 5.74) is 3.66. The normalized spacial score (nSPS) is 10.4. The van der Waals surface area contributed by atoms with Crippen molar-refractivity contribution in [3.8, 4) is 11.3 Å². The molecule has 0 saturated heterocycles. The lowest BCUT2D eigenvalue weighted by Gasteiger charge is -2.06. The SMILES string of the molecule is Cc1nocc1Nc1cccc(-c2ccccc2)n1. The van der Waals surface area contributed by atoms with Crippen LogP contribution in [0.15, 0.2) is 59.3 Å². The minimum Gasteiger partial charge on any atom is -0.362 e. The summed E-state index contributed by atoms with van der Waals surface area (Å²) in [5, 5.41) is 7.02. The molecule has 0 unspecified atom stereocenters. The maximum atomic E-state index is 4.89. The van der Waals surface area contributed by atoms with Gasteiger partial charge in [0.15, 0.2) is 0 Å². The summed E-state index contributed by atoms with van der Waals surface area (Å²) >= 11 is 0. The van der Waals surface area contributed by atoms with Crippen molar-refractivity contribution in [1.29, 1.82) is 0 Å². The highest BCUT2D eigenvalue weighted by atomic mass is 16.5. The zero-order valence-corrected chi connectivity index (χ0v) is 10.5. The molecule has 0 amide bonds. The van der Waals surface area contributed by atoms with Crippen molar-refractivity contribution >= 4 is 11.5 Å². The fraction of sp³-hybridized carbons (Fsp3) is 0.0667. The minimum absolute atomic E-state index is 0.771. The van der Waals surface area contributed by atoms with E-state index < -0.39 is 0 Å². The molecule has 3 aromatic rings. The highest BCUT2D eigenvalue weighted by Gasteiger charge is 2.05. The van der Waals surface area contributed by atoms with Crippen LogP contribution in [0.1, 0.15) is 5.69 Å². The van der Waals surface area contributed by atoms with E-state index in [1.54, 1.807) is 6.26 Å². The van der Waals surface area contributed by atoms with Gasteiger partial charge in [-0.3, -0.25) is 0 Å². The summed E-state index contributed by atoms with van der Waals surface area (Å²) in [7, 11) is 0. The topological polar surface area (TPSA) is 51.0 Å². The lowest BCUT2D eigenvalue weighted by Crippen LogP contribution is -1.95. The van der Waals surface area contributed by atoms with Gasteiger partial charge < -0.3 is 9.84 Å². The first-order valence-electron chi connectivity index (χ1n) is 6.03. The molecule has 1 N–H and O–H groups in total. The number of hydrogen-bond donors (Lipinski definition) is 1. The largest absolute Gasteiger partial charge is 0.362 e. The molecule has 4 nitrogen and oxygen atoms in total. The number of aromatic nitrogens is 2. The Bertz CT molecular complexity index is 677. The van der Waals surface area contributed by atoms with Crippen LogP contribution >= 0.6 is 0 Å². The third kappa shape index (κ3) is 2.47. The van der Waals surface area contributed by atoms with Crippen LogP contribution in [0.5, 0.6) is 0 Å². The summed E-state index contributed by atoms with van der Waals surface area (Å²) in [6.45, 7) is 1.88. The molecular weight excluding hydrogens is 238 g/mol. The number of pyridine rings is 1. The predicted octanol–water partition coefficient (Wildman–Crippen LogP) is 3.79. The third-order valence-corrected chi connectivity index (χ3v) is 2.83. The summed E-state index contributed by atoms with van der Waals surface area (Å²) in [5.74, 6) is 0.771. The van der Waals surface area contributed by atoms with Gasteiger partial charge in [0.05, 0.1) is 5.69 Å². The Balaban J connectivity index is 1.91. The van der Waals surface area contributed by atoms with Gasteiger partial charge in [0.25, 0.3) is 0 Å². The van der Waals surface area contributed by atoms with Crippen LogP contribution in [0.25, 0.3) is 11.3 Å². The lowest BCUT2D eigenvalue weighted by atomic mass is 10.1. The predicted molar refractivity (Wildman–Crippen MR) is 74.2 cm³/mol. The van der Waals surface area contributed by atoms with E-state index in [1.807, 2.05) is 55.5 Å². The van der Waals surface area contributed by atoms with E-state index >= 15 is 0 Å². The number of aryl methyl sites for hydroxylation is 1. The Labute approximate surface area is 111 Å². The molecule has 0 fully saturated rings. The third-order valence-electron chi connectivity index (χ3n) is 2.83. The second-order valence-electron chi connectivity index (χ2n) is 4.21. The molecule has 94 valence electrons. The van der Waals surface area contributed by atoms with Gasteiger partial charge in [-0.2, -0.15) is 0 Å². The first kappa shape index (κ1) is 11.5. The van der Waals surface area contributed by atoms with Crippen LogP contribution < -0.4 is 5.32 Å². The average Bonchev–Trinajstić information content (AvgIpc) is 2.86. The van der Waals surface area contributed by atoms with Gasteiger partial charge in [0.2, 0.25) is 0 Å². The quantitative estimate of drug-likeness (QED) is 0.769. The Morgan fingerprint density at radius 2 is 1.84 bits per heavy atom. The standard InChI is InChI=1S/C15H13N3O/c1-11-14(10-19-18-11)17-15-9-5-8-13(16-15)12-6-3-2-4-7-12/h2-10H,1H3,(H,16,17). The van der Waals surface area contributed by atoms with E-state index in [9.17, 15) is 0 Å². The number of hydrogen-bond acceptors (Lipinski definition) is 4. The molecule has 0 atom stereocenters. The molecule has 0 aliphatic carbocycles. The zero-order chi connectivity index (χ0) is 13.1. The van der Waals surface area contributed by atoms with Crippen LogP contribution in [0.3, 0.4) is 0 Å². The van der Waals surface area contributed by atoms with Crippen LogP contribution in [0.2, 0.25) is 0 Å². The minimum atomic E-state index is 0.771. The number of rotatable bonds is 3. The molecule has 0 bridgehead atoms. The first-order chi connectivity index (χ1) is 9.33. The Kier molecular flexibility index (Phi) is 2.98. The number of nitrogens with zero attached hydrogens (tertiary/aromatic N) is 2. The van der Waals surface area contributed by atoms with E-state index in [1.165, 1.54) is 0 Å². The molecule has 0 radical (unpaired) electrons. The maximum Gasteiger partial charge on any atom is 0.147 e. The Morgan fingerprint density at radius 1 is 1.00 bits per heavy atom. The molecule has 0 aliphatic rings. The van der Waals surface area contributed by atoms with Gasteiger partial charge in [-0.25, -0.2) is 4.98 Å². The van der Waals surface area contributed by atoms with Crippen LogP contribution in [0.4, 0.5) is 11.5 Å². The summed E-state index contributed by atoms with van der Waals surface area (Å²) in [6.07, 6.45) is 1.58. The average molecular weight is 251 g/mol. The van der Waals surface area contributed by atoms with Crippen molar-refractivity contribution in [1.82, 2.24) is 10.1 Å². The summed E-state index contributed by atoms with van der Waals surface area (Å²) in [4.78, 5) is 4.58. The fourth-order valence-electron chi connectivity index (χ4n) is 1.82. The number of nitrogens with one attached hydrogen (secondary N) is 1. The van der Waals surface area contributed by atoms with Crippen LogP contribution in [0, 0.1) is 6.92 Å². The lowest BCUT2D eigenvalue weighted by molar-refractivity contribution is 0.415. The van der Waals surface area contributed by atoms with Gasteiger partial charge >= 0.3 is 0 Å². The van der Waals surface area contributed by atoms with Crippen LogP contribution in [-0.2, 0) is 0 Å². The van der Waals surface area contributed by atoms with E-state index in [0.717, 1.165) is 28.5 Å². The van der Waals surface area contributed by atoms with Gasteiger partial charge in [0.1, 0.15) is 23.5 Å². The Hall–Kier alpha value is -2.62. The van der Waals surface area contributed by atoms with Crippen molar-refractivity contribution < 1.29 is 4.52 Å². The van der Waals surface area contributed by atoms with Crippen molar-refractivity contribution in [2.75, 3.05) is 5.32 Å².